The maximum Gasteiger partial charge on any atom is 0.238 e. The number of nitrogens with zero attached hydrogens (tertiary/aromatic N) is 1. The van der Waals surface area contributed by atoms with Crippen LogP contribution in [0.5, 0.6) is 0 Å². The van der Waals surface area contributed by atoms with E-state index in [1.165, 1.54) is 12.8 Å². The Morgan fingerprint density at radius 2 is 2.09 bits per heavy atom. The van der Waals surface area contributed by atoms with Crippen LogP contribution in [0, 0.1) is 0 Å². The first kappa shape index (κ1) is 16.2. The number of hydrogen-bond donors (Lipinski definition) is 2. The molecule has 0 aromatic heterocycles. The van der Waals surface area contributed by atoms with Gasteiger partial charge in [-0.1, -0.05) is 27.5 Å². The molecule has 2 bridgehead atoms. The lowest BCUT2D eigenvalue weighted by Gasteiger charge is -2.35. The second-order valence-electron chi connectivity index (χ2n) is 6.35. The van der Waals surface area contributed by atoms with E-state index in [0.29, 0.717) is 35.4 Å². The number of nitrogens with one attached hydrogen (secondary N) is 2. The summed E-state index contributed by atoms with van der Waals surface area (Å²) in [7, 11) is 2.04. The highest BCUT2D eigenvalue weighted by Crippen LogP contribution is 2.29. The first-order chi connectivity index (χ1) is 10.5. The van der Waals surface area contributed by atoms with Crippen LogP contribution in [0.15, 0.2) is 22.7 Å². The van der Waals surface area contributed by atoms with Crippen LogP contribution >= 0.6 is 27.5 Å². The predicted octanol–water partition coefficient (Wildman–Crippen LogP) is 3.26. The third-order valence-electron chi connectivity index (χ3n) is 4.67. The molecule has 4 nitrogen and oxygen atoms in total. The monoisotopic (exact) mass is 385 g/mol. The average Bonchev–Trinajstić information content (AvgIpc) is 2.80. The maximum atomic E-state index is 12.2. The number of piperidine rings is 1. The van der Waals surface area contributed by atoms with Crippen molar-refractivity contribution in [2.24, 2.45) is 0 Å². The number of benzene rings is 1. The molecule has 22 heavy (non-hydrogen) atoms. The van der Waals surface area contributed by atoms with E-state index < -0.39 is 0 Å². The molecule has 2 aliphatic rings. The highest BCUT2D eigenvalue weighted by atomic mass is 79.9. The second kappa shape index (κ2) is 6.87. The van der Waals surface area contributed by atoms with Crippen molar-refractivity contribution in [2.75, 3.05) is 18.9 Å². The summed E-state index contributed by atoms with van der Waals surface area (Å²) in [6.07, 6.45) is 4.82. The molecule has 2 unspecified atom stereocenters. The number of fused-ring (bicyclic) bond motifs is 2. The van der Waals surface area contributed by atoms with E-state index in [2.05, 4.69) is 31.5 Å². The Morgan fingerprint density at radius 3 is 2.73 bits per heavy atom. The minimum absolute atomic E-state index is 0.0161. The number of amides is 1. The number of rotatable bonds is 4. The fourth-order valence-electron chi connectivity index (χ4n) is 3.52. The molecule has 2 N–H and O–H groups in total. The lowest BCUT2D eigenvalue weighted by molar-refractivity contribution is -0.117. The number of hydrogen-bond acceptors (Lipinski definition) is 3. The smallest absolute Gasteiger partial charge is 0.238 e. The summed E-state index contributed by atoms with van der Waals surface area (Å²) in [5.74, 6) is -0.0161. The molecule has 0 spiro atoms. The third kappa shape index (κ3) is 3.82. The van der Waals surface area contributed by atoms with Gasteiger partial charge in [-0.2, -0.15) is 0 Å². The van der Waals surface area contributed by atoms with E-state index in [-0.39, 0.29) is 5.91 Å². The quantitative estimate of drug-likeness (QED) is 0.835. The zero-order chi connectivity index (χ0) is 15.7. The van der Waals surface area contributed by atoms with Crippen molar-refractivity contribution in [1.29, 1.82) is 0 Å². The highest BCUT2D eigenvalue weighted by Gasteiger charge is 2.35. The van der Waals surface area contributed by atoms with Gasteiger partial charge in [0.15, 0.2) is 0 Å². The molecule has 0 aliphatic carbocycles. The summed E-state index contributed by atoms with van der Waals surface area (Å²) in [6, 6.07) is 7.23. The first-order valence-corrected chi connectivity index (χ1v) is 8.89. The Balaban J connectivity index is 1.55. The largest absolute Gasteiger partial charge is 0.324 e. The summed E-state index contributed by atoms with van der Waals surface area (Å²) < 4.78 is 0.901. The Hall–Kier alpha value is -0.620. The van der Waals surface area contributed by atoms with E-state index in [1.807, 2.05) is 19.2 Å². The summed E-state index contributed by atoms with van der Waals surface area (Å²) in [6.45, 7) is 0.399. The molecule has 2 saturated heterocycles. The van der Waals surface area contributed by atoms with Crippen LogP contribution in [-0.2, 0) is 4.79 Å². The van der Waals surface area contributed by atoms with Gasteiger partial charge in [-0.05, 0) is 50.9 Å². The Bertz CT molecular complexity index is 556. The van der Waals surface area contributed by atoms with Gasteiger partial charge >= 0.3 is 0 Å². The molecule has 1 aromatic carbocycles. The molecule has 1 aromatic rings. The molecule has 2 atom stereocenters. The van der Waals surface area contributed by atoms with Crippen molar-refractivity contribution >= 4 is 39.1 Å². The molecule has 2 aliphatic heterocycles. The summed E-state index contributed by atoms with van der Waals surface area (Å²) in [5.41, 5.74) is 0.661. The fourth-order valence-corrected chi connectivity index (χ4v) is 4.24. The van der Waals surface area contributed by atoms with E-state index >= 15 is 0 Å². The molecule has 0 radical (unpaired) electrons. The van der Waals surface area contributed by atoms with Crippen LogP contribution in [0.4, 0.5) is 5.69 Å². The van der Waals surface area contributed by atoms with Crippen molar-refractivity contribution in [2.45, 2.75) is 43.8 Å². The van der Waals surface area contributed by atoms with Crippen molar-refractivity contribution < 1.29 is 4.79 Å². The van der Waals surface area contributed by atoms with Crippen molar-refractivity contribution in [3.63, 3.8) is 0 Å². The lowest BCUT2D eigenvalue weighted by atomic mass is 9.98. The third-order valence-corrected chi connectivity index (χ3v) is 5.48. The Kier molecular flexibility index (Phi) is 5.07. The molecule has 2 fully saturated rings. The molecule has 2 heterocycles. The lowest BCUT2D eigenvalue weighted by Crippen LogP contribution is -2.48. The van der Waals surface area contributed by atoms with Gasteiger partial charge in [0.25, 0.3) is 0 Å². The van der Waals surface area contributed by atoms with Crippen LogP contribution in [-0.4, -0.2) is 42.5 Å². The van der Waals surface area contributed by atoms with Gasteiger partial charge in [0, 0.05) is 22.6 Å². The first-order valence-electron chi connectivity index (χ1n) is 7.72. The average molecular weight is 387 g/mol. The van der Waals surface area contributed by atoms with E-state index in [1.54, 1.807) is 6.07 Å². The minimum atomic E-state index is -0.0161. The van der Waals surface area contributed by atoms with Gasteiger partial charge in [0.2, 0.25) is 5.91 Å². The predicted molar refractivity (Wildman–Crippen MR) is 93.4 cm³/mol. The second-order valence-corrected chi connectivity index (χ2v) is 7.67. The fraction of sp³-hybridized carbons (Fsp3) is 0.562. The number of likely N-dealkylation sites (N-methyl/N-ethyl adjacent to an activating group) is 1. The summed E-state index contributed by atoms with van der Waals surface area (Å²) in [4.78, 5) is 14.4. The van der Waals surface area contributed by atoms with Gasteiger partial charge in [0.1, 0.15) is 0 Å². The van der Waals surface area contributed by atoms with E-state index in [9.17, 15) is 4.79 Å². The number of carbonyl (C=O) groups excluding carboxylic acids is 1. The van der Waals surface area contributed by atoms with E-state index in [4.69, 9.17) is 11.6 Å². The van der Waals surface area contributed by atoms with Crippen LogP contribution in [0.25, 0.3) is 0 Å². The molecule has 3 rings (SSSR count). The Labute approximate surface area is 144 Å². The van der Waals surface area contributed by atoms with Gasteiger partial charge in [-0.25, -0.2) is 0 Å². The van der Waals surface area contributed by atoms with Gasteiger partial charge in [0.05, 0.1) is 17.3 Å². The SMILES string of the molecule is CN(CC(=O)Nc1ccc(Br)cc1Cl)C1CC2CCC(C1)N2. The molecule has 120 valence electrons. The normalized spacial score (nSPS) is 27.2. The Morgan fingerprint density at radius 1 is 1.41 bits per heavy atom. The topological polar surface area (TPSA) is 44.4 Å². The van der Waals surface area contributed by atoms with E-state index in [0.717, 1.165) is 17.3 Å². The highest BCUT2D eigenvalue weighted by molar-refractivity contribution is 9.10. The molecular formula is C16H21BrClN3O. The zero-order valence-corrected chi connectivity index (χ0v) is 15.0. The molecule has 1 amide bonds. The van der Waals surface area contributed by atoms with Crippen molar-refractivity contribution in [3.8, 4) is 0 Å². The van der Waals surface area contributed by atoms with Gasteiger partial charge < -0.3 is 10.6 Å². The van der Waals surface area contributed by atoms with Crippen LogP contribution < -0.4 is 10.6 Å². The number of carbonyl (C=O) groups is 1. The standard InChI is InChI=1S/C16H21BrClN3O/c1-21(13-7-11-3-4-12(8-13)19-11)9-16(22)20-15-5-2-10(17)6-14(15)18/h2,5-6,11-13,19H,3-4,7-9H2,1H3,(H,20,22). The number of halogens is 2. The summed E-state index contributed by atoms with van der Waals surface area (Å²) in [5, 5.41) is 7.07. The van der Waals surface area contributed by atoms with Crippen molar-refractivity contribution in [3.05, 3.63) is 27.7 Å². The molecule has 6 heteroatoms. The van der Waals surface area contributed by atoms with Gasteiger partial charge in [-0.15, -0.1) is 0 Å². The minimum Gasteiger partial charge on any atom is -0.324 e. The van der Waals surface area contributed by atoms with Crippen molar-refractivity contribution in [1.82, 2.24) is 10.2 Å². The molecular weight excluding hydrogens is 366 g/mol. The summed E-state index contributed by atoms with van der Waals surface area (Å²) >= 11 is 9.50. The molecule has 0 saturated carbocycles. The van der Waals surface area contributed by atoms with Crippen LogP contribution in [0.3, 0.4) is 0 Å². The van der Waals surface area contributed by atoms with Crippen LogP contribution in [0.2, 0.25) is 5.02 Å². The zero-order valence-electron chi connectivity index (χ0n) is 12.6. The van der Waals surface area contributed by atoms with Gasteiger partial charge in [-0.3, -0.25) is 9.69 Å². The number of anilines is 1. The van der Waals surface area contributed by atoms with Crippen LogP contribution in [0.1, 0.15) is 25.7 Å². The maximum absolute atomic E-state index is 12.2.